The molecular weight excluding hydrogens is 304 g/mol. The zero-order chi connectivity index (χ0) is 17.4. The van der Waals surface area contributed by atoms with Crippen molar-refractivity contribution in [2.24, 2.45) is 0 Å². The van der Waals surface area contributed by atoms with Gasteiger partial charge < -0.3 is 19.3 Å². The molecule has 0 unspecified atom stereocenters. The second kappa shape index (κ2) is 9.09. The third kappa shape index (κ3) is 6.65. The molecule has 1 N–H and O–H groups in total. The molecule has 23 heavy (non-hydrogen) atoms. The van der Waals surface area contributed by atoms with Crippen LogP contribution in [0, 0.1) is 0 Å². The van der Waals surface area contributed by atoms with Gasteiger partial charge in [0.25, 0.3) is 0 Å². The predicted octanol–water partition coefficient (Wildman–Crippen LogP) is 1.05. The summed E-state index contributed by atoms with van der Waals surface area (Å²) in [6, 6.07) is 0. The van der Waals surface area contributed by atoms with E-state index < -0.39 is 42.3 Å². The van der Waals surface area contributed by atoms with E-state index in [9.17, 15) is 19.5 Å². The van der Waals surface area contributed by atoms with Gasteiger partial charge in [0.15, 0.2) is 6.10 Å². The van der Waals surface area contributed by atoms with E-state index in [4.69, 9.17) is 14.2 Å². The number of esters is 3. The van der Waals surface area contributed by atoms with Crippen molar-refractivity contribution in [3.63, 3.8) is 0 Å². The first kappa shape index (κ1) is 18.9. The molecule has 7 nitrogen and oxygen atoms in total. The quantitative estimate of drug-likeness (QED) is 0.358. The van der Waals surface area contributed by atoms with Crippen molar-refractivity contribution in [1.82, 2.24) is 0 Å². The fraction of sp³-hybridized carbons (Fsp3) is 0.562. The van der Waals surface area contributed by atoms with Gasteiger partial charge >= 0.3 is 17.9 Å². The predicted molar refractivity (Wildman–Crippen MR) is 80.2 cm³/mol. The molecule has 1 aliphatic heterocycles. The molecule has 1 aliphatic rings. The summed E-state index contributed by atoms with van der Waals surface area (Å²) in [5, 5.41) is 10.1. The smallest absolute Gasteiger partial charge is 0.331 e. The molecule has 0 saturated carbocycles. The molecule has 0 aromatic rings. The Labute approximate surface area is 134 Å². The Balaban J connectivity index is 2.93. The highest BCUT2D eigenvalue weighted by molar-refractivity contribution is 5.82. The van der Waals surface area contributed by atoms with Gasteiger partial charge in [-0.3, -0.25) is 9.59 Å². The van der Waals surface area contributed by atoms with Crippen LogP contribution in [-0.4, -0.2) is 47.4 Å². The minimum absolute atomic E-state index is 0.0251. The molecule has 0 amide bonds. The molecule has 0 aromatic heterocycles. The summed E-state index contributed by atoms with van der Waals surface area (Å²) in [5.74, 6) is -1.67. The number of aliphatic hydroxyl groups is 1. The van der Waals surface area contributed by atoms with Crippen molar-refractivity contribution in [1.29, 1.82) is 0 Å². The highest BCUT2D eigenvalue weighted by Crippen LogP contribution is 2.16. The van der Waals surface area contributed by atoms with Crippen molar-refractivity contribution in [3.05, 3.63) is 24.3 Å². The molecule has 0 saturated heterocycles. The van der Waals surface area contributed by atoms with Gasteiger partial charge in [0.1, 0.15) is 18.3 Å². The van der Waals surface area contributed by atoms with Crippen LogP contribution in [0.5, 0.6) is 0 Å². The SMILES string of the molecule is C/C=C/C(=O)O[C@@H]1/C=C/[C@H](O)[C@@H](OC(C)=O)CCC(=O)O[C@H]1C. The Hall–Kier alpha value is -2.15. The first-order valence-corrected chi connectivity index (χ1v) is 7.40. The van der Waals surface area contributed by atoms with Gasteiger partial charge in [-0.15, -0.1) is 0 Å². The summed E-state index contributed by atoms with van der Waals surface area (Å²) in [6.45, 7) is 4.48. The molecule has 0 radical (unpaired) electrons. The highest BCUT2D eigenvalue weighted by atomic mass is 16.6. The van der Waals surface area contributed by atoms with Crippen LogP contribution >= 0.6 is 0 Å². The molecule has 0 aliphatic carbocycles. The van der Waals surface area contributed by atoms with Gasteiger partial charge in [0.2, 0.25) is 0 Å². The number of carbonyl (C=O) groups is 3. The van der Waals surface area contributed by atoms with Crippen LogP contribution in [0.3, 0.4) is 0 Å². The number of carbonyl (C=O) groups excluding carboxylic acids is 3. The van der Waals surface area contributed by atoms with Gasteiger partial charge in [-0.2, -0.15) is 0 Å². The lowest BCUT2D eigenvalue weighted by Gasteiger charge is -2.25. The molecule has 128 valence electrons. The highest BCUT2D eigenvalue weighted by Gasteiger charge is 2.27. The van der Waals surface area contributed by atoms with Crippen molar-refractivity contribution < 1.29 is 33.7 Å². The second-order valence-electron chi connectivity index (χ2n) is 5.16. The third-order valence-corrected chi connectivity index (χ3v) is 3.16. The lowest BCUT2D eigenvalue weighted by molar-refractivity contribution is -0.163. The largest absolute Gasteiger partial charge is 0.459 e. The summed E-state index contributed by atoms with van der Waals surface area (Å²) in [5.41, 5.74) is 0. The average Bonchev–Trinajstić information content (AvgIpc) is 2.46. The lowest BCUT2D eigenvalue weighted by atomic mass is 10.0. The van der Waals surface area contributed by atoms with E-state index in [0.717, 1.165) is 0 Å². The maximum absolute atomic E-state index is 11.8. The van der Waals surface area contributed by atoms with Crippen molar-refractivity contribution in [2.45, 2.75) is 58.0 Å². The molecule has 4 atom stereocenters. The lowest BCUT2D eigenvalue weighted by Crippen LogP contribution is -2.35. The average molecular weight is 326 g/mol. The summed E-state index contributed by atoms with van der Waals surface area (Å²) >= 11 is 0. The third-order valence-electron chi connectivity index (χ3n) is 3.16. The molecule has 0 bridgehead atoms. The topological polar surface area (TPSA) is 99.1 Å². The van der Waals surface area contributed by atoms with E-state index in [1.54, 1.807) is 13.8 Å². The number of hydrogen-bond acceptors (Lipinski definition) is 7. The monoisotopic (exact) mass is 326 g/mol. The van der Waals surface area contributed by atoms with Crippen LogP contribution in [0.15, 0.2) is 24.3 Å². The maximum Gasteiger partial charge on any atom is 0.331 e. The molecule has 0 fully saturated rings. The first-order chi connectivity index (χ1) is 10.8. The maximum atomic E-state index is 11.8. The van der Waals surface area contributed by atoms with Crippen LogP contribution < -0.4 is 0 Å². The summed E-state index contributed by atoms with van der Waals surface area (Å²) in [4.78, 5) is 34.4. The van der Waals surface area contributed by atoms with E-state index in [1.165, 1.54) is 31.2 Å². The Bertz CT molecular complexity index is 495. The van der Waals surface area contributed by atoms with Gasteiger partial charge in [-0.1, -0.05) is 12.2 Å². The van der Waals surface area contributed by atoms with Crippen LogP contribution in [0.25, 0.3) is 0 Å². The van der Waals surface area contributed by atoms with Crippen LogP contribution in [0.2, 0.25) is 0 Å². The Morgan fingerprint density at radius 2 is 2.04 bits per heavy atom. The first-order valence-electron chi connectivity index (χ1n) is 7.40. The van der Waals surface area contributed by atoms with Gasteiger partial charge in [0.05, 0.1) is 0 Å². The Kier molecular flexibility index (Phi) is 7.47. The number of cyclic esters (lactones) is 1. The second-order valence-corrected chi connectivity index (χ2v) is 5.16. The number of allylic oxidation sites excluding steroid dienone is 1. The summed E-state index contributed by atoms with van der Waals surface area (Å²) < 4.78 is 15.4. The van der Waals surface area contributed by atoms with Crippen LogP contribution in [-0.2, 0) is 28.6 Å². The van der Waals surface area contributed by atoms with E-state index in [-0.39, 0.29) is 12.8 Å². The fourth-order valence-corrected chi connectivity index (χ4v) is 2.05. The van der Waals surface area contributed by atoms with Crippen molar-refractivity contribution in [3.8, 4) is 0 Å². The number of aliphatic hydroxyl groups excluding tert-OH is 1. The van der Waals surface area contributed by atoms with E-state index in [2.05, 4.69) is 0 Å². The van der Waals surface area contributed by atoms with Crippen molar-refractivity contribution >= 4 is 17.9 Å². The number of ether oxygens (including phenoxy) is 3. The van der Waals surface area contributed by atoms with Gasteiger partial charge in [-0.05, 0) is 26.3 Å². The summed E-state index contributed by atoms with van der Waals surface area (Å²) in [6.07, 6.45) is 2.13. The molecule has 0 spiro atoms. The molecule has 0 aromatic carbocycles. The van der Waals surface area contributed by atoms with E-state index >= 15 is 0 Å². The number of hydrogen-bond donors (Lipinski definition) is 1. The van der Waals surface area contributed by atoms with Gasteiger partial charge in [-0.25, -0.2) is 4.79 Å². The summed E-state index contributed by atoms with van der Waals surface area (Å²) in [7, 11) is 0. The minimum Gasteiger partial charge on any atom is -0.459 e. The minimum atomic E-state index is -1.11. The zero-order valence-corrected chi connectivity index (χ0v) is 13.4. The Morgan fingerprint density at radius 3 is 2.65 bits per heavy atom. The zero-order valence-electron chi connectivity index (χ0n) is 13.4. The fourth-order valence-electron chi connectivity index (χ4n) is 2.05. The van der Waals surface area contributed by atoms with Gasteiger partial charge in [0, 0.05) is 19.4 Å². The molecular formula is C16H22O7. The van der Waals surface area contributed by atoms with Crippen LogP contribution in [0.1, 0.15) is 33.6 Å². The Morgan fingerprint density at radius 1 is 1.35 bits per heavy atom. The molecule has 1 heterocycles. The van der Waals surface area contributed by atoms with E-state index in [0.29, 0.717) is 0 Å². The molecule has 7 heteroatoms. The number of rotatable bonds is 3. The molecule has 1 rings (SSSR count). The normalized spacial score (nSPS) is 30.3. The van der Waals surface area contributed by atoms with E-state index in [1.807, 2.05) is 0 Å². The standard InChI is InChI=1S/C16H22O7/c1-4-5-15(19)23-13-7-6-12(18)14(22-11(3)17)8-9-16(20)21-10(13)2/h4-7,10,12-14,18H,8-9H2,1-3H3/b5-4+,7-6+/t10-,12-,13+,14-/m0/s1. The van der Waals surface area contributed by atoms with Crippen LogP contribution in [0.4, 0.5) is 0 Å². The van der Waals surface area contributed by atoms with Crippen molar-refractivity contribution in [2.75, 3.05) is 0 Å².